The van der Waals surface area contributed by atoms with E-state index >= 15 is 0 Å². The van der Waals surface area contributed by atoms with Gasteiger partial charge >= 0.3 is 0 Å². The molecule has 0 saturated carbocycles. The monoisotopic (exact) mass is 459 g/mol. The number of aromatic nitrogens is 1. The standard InChI is InChI=1S/C24H29N3O2S.ClH/c1-6-26(7-2)12-13-27(23(29)20-10-8-19(9-11-20)18(5)28)24-25-22-17(4)14-16(3)15-21(22)30-24;/h8-11,14-15H,6-7,12-13H2,1-5H3;1H. The number of carbonyl (C=O) groups is 2. The molecule has 0 aliphatic heterocycles. The smallest absolute Gasteiger partial charge is 0.260 e. The number of fused-ring (bicyclic) bond motifs is 1. The summed E-state index contributed by atoms with van der Waals surface area (Å²) < 4.78 is 1.09. The molecule has 0 fully saturated rings. The summed E-state index contributed by atoms with van der Waals surface area (Å²) in [6.07, 6.45) is 0. The maximum absolute atomic E-state index is 13.4. The Bertz CT molecular complexity index is 1060. The minimum Gasteiger partial charge on any atom is -0.302 e. The summed E-state index contributed by atoms with van der Waals surface area (Å²) in [7, 11) is 0. The van der Waals surface area contributed by atoms with Gasteiger partial charge in [0.15, 0.2) is 10.9 Å². The predicted octanol–water partition coefficient (Wildman–Crippen LogP) is 5.53. The highest BCUT2D eigenvalue weighted by Gasteiger charge is 2.22. The van der Waals surface area contributed by atoms with Crippen molar-refractivity contribution in [3.05, 3.63) is 58.7 Å². The molecule has 0 aliphatic carbocycles. The molecule has 3 aromatic rings. The summed E-state index contributed by atoms with van der Waals surface area (Å²) in [4.78, 5) is 33.9. The lowest BCUT2D eigenvalue weighted by Gasteiger charge is -2.24. The first-order valence-electron chi connectivity index (χ1n) is 10.4. The number of nitrogens with zero attached hydrogens (tertiary/aromatic N) is 3. The Labute approximate surface area is 194 Å². The average Bonchev–Trinajstić information content (AvgIpc) is 3.15. The Kier molecular flexibility index (Phi) is 8.74. The van der Waals surface area contributed by atoms with E-state index in [0.717, 1.165) is 35.4 Å². The van der Waals surface area contributed by atoms with E-state index in [0.29, 0.717) is 22.8 Å². The molecule has 1 heterocycles. The van der Waals surface area contributed by atoms with Gasteiger partial charge in [-0.1, -0.05) is 43.4 Å². The highest BCUT2D eigenvalue weighted by Crippen LogP contribution is 2.32. The highest BCUT2D eigenvalue weighted by atomic mass is 35.5. The van der Waals surface area contributed by atoms with E-state index < -0.39 is 0 Å². The number of amides is 1. The Morgan fingerprint density at radius 3 is 2.16 bits per heavy atom. The van der Waals surface area contributed by atoms with E-state index in [4.69, 9.17) is 4.98 Å². The molecular formula is C24H30ClN3O2S. The Morgan fingerprint density at radius 2 is 1.58 bits per heavy atom. The molecule has 0 aliphatic rings. The molecule has 3 rings (SSSR count). The topological polar surface area (TPSA) is 53.5 Å². The lowest BCUT2D eigenvalue weighted by Crippen LogP contribution is -2.38. The van der Waals surface area contributed by atoms with Crippen molar-refractivity contribution in [3.8, 4) is 0 Å². The van der Waals surface area contributed by atoms with Gasteiger partial charge in [-0.15, -0.1) is 12.4 Å². The molecule has 0 saturated heterocycles. The van der Waals surface area contributed by atoms with Crippen LogP contribution in [0.25, 0.3) is 10.2 Å². The van der Waals surface area contributed by atoms with Gasteiger partial charge in [0, 0.05) is 24.2 Å². The van der Waals surface area contributed by atoms with Crippen LogP contribution in [0.5, 0.6) is 0 Å². The van der Waals surface area contributed by atoms with Crippen LogP contribution in [0.3, 0.4) is 0 Å². The number of hydrogen-bond donors (Lipinski definition) is 0. The van der Waals surface area contributed by atoms with E-state index in [1.54, 1.807) is 40.5 Å². The molecular weight excluding hydrogens is 430 g/mol. The van der Waals surface area contributed by atoms with Crippen molar-refractivity contribution in [1.82, 2.24) is 9.88 Å². The number of rotatable bonds is 8. The largest absolute Gasteiger partial charge is 0.302 e. The molecule has 0 bridgehead atoms. The molecule has 0 radical (unpaired) electrons. The second-order valence-electron chi connectivity index (χ2n) is 7.54. The number of likely N-dealkylation sites (N-methyl/N-ethyl adjacent to an activating group) is 1. The number of thiazole rings is 1. The fourth-order valence-corrected chi connectivity index (χ4v) is 4.71. The zero-order chi connectivity index (χ0) is 21.8. The maximum atomic E-state index is 13.4. The third-order valence-electron chi connectivity index (χ3n) is 5.37. The molecule has 31 heavy (non-hydrogen) atoms. The summed E-state index contributed by atoms with van der Waals surface area (Å²) in [5, 5.41) is 0.714. The number of anilines is 1. The number of benzene rings is 2. The van der Waals surface area contributed by atoms with Crippen LogP contribution in [-0.4, -0.2) is 47.8 Å². The van der Waals surface area contributed by atoms with Crippen LogP contribution in [0.2, 0.25) is 0 Å². The molecule has 0 spiro atoms. The first-order valence-corrected chi connectivity index (χ1v) is 11.2. The van der Waals surface area contributed by atoms with Crippen LogP contribution in [0.15, 0.2) is 36.4 Å². The van der Waals surface area contributed by atoms with Crippen LogP contribution < -0.4 is 4.90 Å². The summed E-state index contributed by atoms with van der Waals surface area (Å²) in [6, 6.07) is 11.1. The second kappa shape index (κ2) is 10.8. The lowest BCUT2D eigenvalue weighted by molar-refractivity contribution is 0.0980. The van der Waals surface area contributed by atoms with Gasteiger partial charge in [0.25, 0.3) is 5.91 Å². The van der Waals surface area contributed by atoms with E-state index in [-0.39, 0.29) is 24.1 Å². The van der Waals surface area contributed by atoms with Gasteiger partial charge in [-0.25, -0.2) is 4.98 Å². The molecule has 1 amide bonds. The maximum Gasteiger partial charge on any atom is 0.260 e. The van der Waals surface area contributed by atoms with Crippen LogP contribution >= 0.6 is 23.7 Å². The van der Waals surface area contributed by atoms with Crippen molar-refractivity contribution in [1.29, 1.82) is 0 Å². The van der Waals surface area contributed by atoms with Crippen LogP contribution in [0, 0.1) is 13.8 Å². The first-order chi connectivity index (χ1) is 14.3. The van der Waals surface area contributed by atoms with Gasteiger partial charge < -0.3 is 4.90 Å². The number of carbonyl (C=O) groups excluding carboxylic acids is 2. The van der Waals surface area contributed by atoms with Crippen LogP contribution in [-0.2, 0) is 0 Å². The molecule has 0 unspecified atom stereocenters. The minimum atomic E-state index is -0.0920. The van der Waals surface area contributed by atoms with E-state index in [1.807, 2.05) is 0 Å². The molecule has 1 aromatic heterocycles. The van der Waals surface area contributed by atoms with Gasteiger partial charge in [-0.2, -0.15) is 0 Å². The summed E-state index contributed by atoms with van der Waals surface area (Å²) in [6.45, 7) is 13.1. The number of Topliss-reactive ketones (excluding diaryl/α,β-unsaturated/α-hetero) is 1. The van der Waals surface area contributed by atoms with Gasteiger partial charge in [0.2, 0.25) is 0 Å². The molecule has 7 heteroatoms. The highest BCUT2D eigenvalue weighted by molar-refractivity contribution is 7.22. The summed E-state index contributed by atoms with van der Waals surface area (Å²) in [5.74, 6) is -0.102. The first kappa shape index (κ1) is 25.0. The molecule has 0 N–H and O–H groups in total. The number of ketones is 1. The number of aryl methyl sites for hydroxylation is 2. The van der Waals surface area contributed by atoms with E-state index in [9.17, 15) is 9.59 Å². The second-order valence-corrected chi connectivity index (χ2v) is 8.55. The fraction of sp³-hybridized carbons (Fsp3) is 0.375. The summed E-state index contributed by atoms with van der Waals surface area (Å²) in [5.41, 5.74) is 4.43. The quantitative estimate of drug-likeness (QED) is 0.416. The molecule has 166 valence electrons. The van der Waals surface area contributed by atoms with Gasteiger partial charge in [0.05, 0.1) is 10.2 Å². The van der Waals surface area contributed by atoms with Gasteiger partial charge in [-0.3, -0.25) is 14.5 Å². The molecule has 5 nitrogen and oxygen atoms in total. The van der Waals surface area contributed by atoms with Gasteiger partial charge in [0.1, 0.15) is 0 Å². The third kappa shape index (κ3) is 5.70. The zero-order valence-corrected chi connectivity index (χ0v) is 20.4. The Morgan fingerprint density at radius 1 is 0.968 bits per heavy atom. The predicted molar refractivity (Wildman–Crippen MR) is 132 cm³/mol. The van der Waals surface area contributed by atoms with E-state index in [1.165, 1.54) is 12.5 Å². The Hall–Kier alpha value is -2.28. The molecule has 0 atom stereocenters. The van der Waals surface area contributed by atoms with Crippen molar-refractivity contribution < 1.29 is 9.59 Å². The fourth-order valence-electron chi connectivity index (χ4n) is 3.54. The van der Waals surface area contributed by atoms with Crippen molar-refractivity contribution in [2.75, 3.05) is 31.1 Å². The van der Waals surface area contributed by atoms with Crippen molar-refractivity contribution in [2.24, 2.45) is 0 Å². The lowest BCUT2D eigenvalue weighted by atomic mass is 10.1. The van der Waals surface area contributed by atoms with Crippen molar-refractivity contribution >= 4 is 50.8 Å². The normalized spacial score (nSPS) is 10.9. The van der Waals surface area contributed by atoms with Crippen LogP contribution in [0.4, 0.5) is 5.13 Å². The number of halogens is 1. The Balaban J connectivity index is 0.00000341. The van der Waals surface area contributed by atoms with Crippen molar-refractivity contribution in [3.63, 3.8) is 0 Å². The summed E-state index contributed by atoms with van der Waals surface area (Å²) >= 11 is 1.55. The number of hydrogen-bond acceptors (Lipinski definition) is 5. The van der Waals surface area contributed by atoms with E-state index in [2.05, 4.69) is 44.7 Å². The SMILES string of the molecule is CCN(CC)CCN(C(=O)c1ccc(C(C)=O)cc1)c1nc2c(C)cc(C)cc2s1.Cl. The average molecular weight is 460 g/mol. The molecule has 2 aromatic carbocycles. The zero-order valence-electron chi connectivity index (χ0n) is 18.8. The van der Waals surface area contributed by atoms with Gasteiger partial charge in [-0.05, 0) is 63.2 Å². The van der Waals surface area contributed by atoms with Crippen molar-refractivity contribution in [2.45, 2.75) is 34.6 Å². The minimum absolute atomic E-state index is 0. The van der Waals surface area contributed by atoms with Crippen LogP contribution in [0.1, 0.15) is 52.6 Å². The third-order valence-corrected chi connectivity index (χ3v) is 6.39.